The number of ether oxygens (including phenoxy) is 2. The molecule has 30 heavy (non-hydrogen) atoms. The van der Waals surface area contributed by atoms with Crippen LogP contribution >= 0.6 is 24.0 Å². The Morgan fingerprint density at radius 1 is 1.23 bits per heavy atom. The fourth-order valence-electron chi connectivity index (χ4n) is 3.37. The van der Waals surface area contributed by atoms with Crippen LogP contribution < -0.4 is 20.1 Å². The summed E-state index contributed by atoms with van der Waals surface area (Å²) in [6.07, 6.45) is 1.96. The molecule has 0 spiro atoms. The molecule has 1 aromatic rings. The molecule has 2 unspecified atom stereocenters. The molecule has 0 aromatic heterocycles. The molecule has 1 saturated heterocycles. The van der Waals surface area contributed by atoms with Crippen LogP contribution in [0.15, 0.2) is 23.2 Å². The number of nitrogens with one attached hydrogen (secondary N) is 2. The zero-order valence-corrected chi connectivity index (χ0v) is 21.4. The summed E-state index contributed by atoms with van der Waals surface area (Å²) in [4.78, 5) is 7.16. The number of guanidine groups is 1. The SMILES string of the molecule is CCNC(=NCC(C)(CC)CO)NC1CCN(Cc2cc(OC)cc(OC)c2)C1.I. The highest BCUT2D eigenvalue weighted by molar-refractivity contribution is 14.0. The number of benzene rings is 1. The van der Waals surface area contributed by atoms with Crippen molar-refractivity contribution in [2.24, 2.45) is 10.4 Å². The van der Waals surface area contributed by atoms with Crippen LogP contribution in [0.25, 0.3) is 0 Å². The monoisotopic (exact) mass is 534 g/mol. The van der Waals surface area contributed by atoms with Crippen molar-refractivity contribution in [2.45, 2.75) is 46.2 Å². The summed E-state index contributed by atoms with van der Waals surface area (Å²) in [5, 5.41) is 16.5. The van der Waals surface area contributed by atoms with Gasteiger partial charge in [0.25, 0.3) is 0 Å². The number of rotatable bonds is 10. The van der Waals surface area contributed by atoms with Crippen LogP contribution in [0.2, 0.25) is 0 Å². The summed E-state index contributed by atoms with van der Waals surface area (Å²) in [5.41, 5.74) is 1.01. The Bertz CT molecular complexity index is 646. The maximum absolute atomic E-state index is 9.63. The maximum Gasteiger partial charge on any atom is 0.191 e. The first kappa shape index (κ1) is 26.8. The largest absolute Gasteiger partial charge is 0.497 e. The van der Waals surface area contributed by atoms with E-state index in [1.54, 1.807) is 14.2 Å². The molecule has 1 heterocycles. The molecule has 1 fully saturated rings. The molecule has 8 heteroatoms. The van der Waals surface area contributed by atoms with Crippen molar-refractivity contribution in [3.63, 3.8) is 0 Å². The minimum atomic E-state index is -0.171. The van der Waals surface area contributed by atoms with Gasteiger partial charge in [-0.05, 0) is 37.5 Å². The van der Waals surface area contributed by atoms with Crippen LogP contribution in [0.5, 0.6) is 11.5 Å². The molecule has 0 radical (unpaired) electrons. The Hall–Kier alpha value is -1.26. The number of halogens is 1. The summed E-state index contributed by atoms with van der Waals surface area (Å²) in [6.45, 7) is 10.6. The summed E-state index contributed by atoms with van der Waals surface area (Å²) in [6, 6.07) is 6.38. The van der Waals surface area contributed by atoms with Crippen molar-refractivity contribution >= 4 is 29.9 Å². The van der Waals surface area contributed by atoms with E-state index in [1.807, 2.05) is 6.07 Å². The fraction of sp³-hybridized carbons (Fsp3) is 0.682. The predicted octanol–water partition coefficient (Wildman–Crippen LogP) is 2.86. The topological polar surface area (TPSA) is 78.4 Å². The van der Waals surface area contributed by atoms with Crippen molar-refractivity contribution in [1.82, 2.24) is 15.5 Å². The quantitative estimate of drug-likeness (QED) is 0.244. The number of hydrogen-bond donors (Lipinski definition) is 3. The van der Waals surface area contributed by atoms with Crippen LogP contribution in [-0.2, 0) is 6.54 Å². The average molecular weight is 534 g/mol. The van der Waals surface area contributed by atoms with Crippen molar-refractivity contribution < 1.29 is 14.6 Å². The molecular weight excluding hydrogens is 495 g/mol. The van der Waals surface area contributed by atoms with E-state index in [0.717, 1.165) is 56.5 Å². The standard InChI is InChI=1S/C22H38N4O3.HI/c1-6-22(3,16-27)15-24-21(23-7-2)25-18-8-9-26(14-18)13-17-10-19(28-4)12-20(11-17)29-5;/h10-12,18,27H,6-9,13-16H2,1-5H3,(H2,23,24,25);1H. The molecule has 1 aromatic carbocycles. The second-order valence-corrected chi connectivity index (χ2v) is 8.10. The number of methoxy groups -OCH3 is 2. The zero-order valence-electron chi connectivity index (χ0n) is 19.0. The van der Waals surface area contributed by atoms with Crippen molar-refractivity contribution in [2.75, 3.05) is 47.0 Å². The number of hydrogen-bond acceptors (Lipinski definition) is 5. The van der Waals surface area contributed by atoms with Crippen LogP contribution in [0.3, 0.4) is 0 Å². The lowest BCUT2D eigenvalue weighted by Crippen LogP contribution is -2.45. The first-order valence-electron chi connectivity index (χ1n) is 10.5. The van der Waals surface area contributed by atoms with E-state index in [1.165, 1.54) is 5.56 Å². The third kappa shape index (κ3) is 8.11. The number of aliphatic hydroxyl groups excluding tert-OH is 1. The van der Waals surface area contributed by atoms with Gasteiger partial charge >= 0.3 is 0 Å². The van der Waals surface area contributed by atoms with Crippen LogP contribution in [0.1, 0.15) is 39.2 Å². The average Bonchev–Trinajstić information content (AvgIpc) is 3.18. The predicted molar refractivity (Wildman–Crippen MR) is 133 cm³/mol. The molecule has 1 aliphatic rings. The summed E-state index contributed by atoms with van der Waals surface area (Å²) in [5.74, 6) is 2.46. The number of likely N-dealkylation sites (tertiary alicyclic amines) is 1. The normalized spacial score (nSPS) is 19.0. The molecule has 1 aliphatic heterocycles. The number of aliphatic hydroxyl groups is 1. The Labute approximate surface area is 198 Å². The van der Waals surface area contributed by atoms with Gasteiger partial charge in [0, 0.05) is 43.7 Å². The molecule has 0 bridgehead atoms. The minimum Gasteiger partial charge on any atom is -0.497 e. The molecular formula is C22H39IN4O3. The van der Waals surface area contributed by atoms with Gasteiger partial charge in [0.1, 0.15) is 11.5 Å². The second-order valence-electron chi connectivity index (χ2n) is 8.10. The van der Waals surface area contributed by atoms with Gasteiger partial charge in [0.05, 0.1) is 27.4 Å². The highest BCUT2D eigenvalue weighted by Crippen LogP contribution is 2.24. The molecule has 7 nitrogen and oxygen atoms in total. The molecule has 172 valence electrons. The lowest BCUT2D eigenvalue weighted by Gasteiger charge is -2.24. The summed E-state index contributed by atoms with van der Waals surface area (Å²) < 4.78 is 10.8. The first-order valence-corrected chi connectivity index (χ1v) is 10.5. The highest BCUT2D eigenvalue weighted by atomic mass is 127. The molecule has 2 atom stereocenters. The lowest BCUT2D eigenvalue weighted by atomic mass is 9.89. The Kier molecular flexibility index (Phi) is 11.8. The Morgan fingerprint density at radius 2 is 1.90 bits per heavy atom. The molecule has 3 N–H and O–H groups in total. The van der Waals surface area contributed by atoms with E-state index in [9.17, 15) is 5.11 Å². The van der Waals surface area contributed by atoms with Gasteiger partial charge in [0.2, 0.25) is 0 Å². The van der Waals surface area contributed by atoms with Gasteiger partial charge < -0.3 is 25.2 Å². The van der Waals surface area contributed by atoms with E-state index < -0.39 is 0 Å². The number of nitrogens with zero attached hydrogens (tertiary/aromatic N) is 2. The van der Waals surface area contributed by atoms with Gasteiger partial charge in [-0.25, -0.2) is 0 Å². The molecule has 0 aliphatic carbocycles. The third-order valence-electron chi connectivity index (χ3n) is 5.63. The Morgan fingerprint density at radius 3 is 2.43 bits per heavy atom. The van der Waals surface area contributed by atoms with Crippen molar-refractivity contribution in [3.8, 4) is 11.5 Å². The third-order valence-corrected chi connectivity index (χ3v) is 5.63. The van der Waals surface area contributed by atoms with E-state index in [-0.39, 0.29) is 36.0 Å². The highest BCUT2D eigenvalue weighted by Gasteiger charge is 2.25. The molecule has 2 rings (SSSR count). The van der Waals surface area contributed by atoms with Crippen LogP contribution in [0.4, 0.5) is 0 Å². The maximum atomic E-state index is 9.63. The Balaban J connectivity index is 0.00000450. The van der Waals surface area contributed by atoms with Crippen LogP contribution in [0, 0.1) is 5.41 Å². The molecule has 0 saturated carbocycles. The smallest absolute Gasteiger partial charge is 0.191 e. The minimum absolute atomic E-state index is 0. The first-order chi connectivity index (χ1) is 13.9. The van der Waals surface area contributed by atoms with E-state index in [4.69, 9.17) is 14.5 Å². The van der Waals surface area contributed by atoms with Crippen LogP contribution in [-0.4, -0.2) is 69.0 Å². The summed E-state index contributed by atoms with van der Waals surface area (Å²) >= 11 is 0. The van der Waals surface area contributed by atoms with Gasteiger partial charge in [-0.3, -0.25) is 9.89 Å². The van der Waals surface area contributed by atoms with Crippen molar-refractivity contribution in [1.29, 1.82) is 0 Å². The number of aliphatic imine (C=N–C) groups is 1. The lowest BCUT2D eigenvalue weighted by molar-refractivity contribution is 0.145. The van der Waals surface area contributed by atoms with E-state index >= 15 is 0 Å². The van der Waals surface area contributed by atoms with Gasteiger partial charge in [-0.15, -0.1) is 24.0 Å². The van der Waals surface area contributed by atoms with Gasteiger partial charge in [-0.1, -0.05) is 13.8 Å². The summed E-state index contributed by atoms with van der Waals surface area (Å²) in [7, 11) is 3.35. The van der Waals surface area contributed by atoms with Gasteiger partial charge in [0.15, 0.2) is 5.96 Å². The van der Waals surface area contributed by atoms with E-state index in [2.05, 4.69) is 48.4 Å². The van der Waals surface area contributed by atoms with E-state index in [0.29, 0.717) is 12.6 Å². The van der Waals surface area contributed by atoms with Gasteiger partial charge in [-0.2, -0.15) is 0 Å². The fourth-order valence-corrected chi connectivity index (χ4v) is 3.37. The molecule has 0 amide bonds. The second kappa shape index (κ2) is 13.2. The zero-order chi connectivity index (χ0) is 21.3. The van der Waals surface area contributed by atoms with Crippen molar-refractivity contribution in [3.05, 3.63) is 23.8 Å².